The van der Waals surface area contributed by atoms with Crippen molar-refractivity contribution in [1.29, 1.82) is 0 Å². The Hall–Kier alpha value is -1.06. The van der Waals surface area contributed by atoms with Crippen molar-refractivity contribution in [2.24, 2.45) is 11.8 Å². The monoisotopic (exact) mass is 214 g/mol. The van der Waals surface area contributed by atoms with E-state index in [0.717, 1.165) is 25.7 Å². The summed E-state index contributed by atoms with van der Waals surface area (Å²) in [5.74, 6) is -1.06. The Kier molecular flexibility index (Phi) is 4.59. The minimum atomic E-state index is -0.783. The van der Waals surface area contributed by atoms with Crippen molar-refractivity contribution < 1.29 is 19.8 Å². The number of rotatable bonds is 5. The molecular formula is C11H18O4. The van der Waals surface area contributed by atoms with Crippen LogP contribution in [-0.2, 0) is 9.59 Å². The summed E-state index contributed by atoms with van der Waals surface area (Å²) in [7, 11) is 0. The second-order valence-corrected chi connectivity index (χ2v) is 4.33. The van der Waals surface area contributed by atoms with Crippen LogP contribution < -0.4 is 0 Å². The summed E-state index contributed by atoms with van der Waals surface area (Å²) >= 11 is 0. The highest BCUT2D eigenvalue weighted by Crippen LogP contribution is 2.35. The van der Waals surface area contributed by atoms with Crippen LogP contribution in [0.5, 0.6) is 0 Å². The Morgan fingerprint density at radius 3 is 2.13 bits per heavy atom. The molecular weight excluding hydrogens is 196 g/mol. The van der Waals surface area contributed by atoms with Gasteiger partial charge in [0.05, 0.1) is 0 Å². The van der Waals surface area contributed by atoms with E-state index in [-0.39, 0.29) is 18.8 Å². The molecule has 0 aliphatic heterocycles. The standard InChI is InChI=1S/C11H18O4/c12-10(13)6-5-8-3-1-2-4-9(8)7-11(14)15/h8-9H,1-7H2,(H,12,13)(H,14,15). The summed E-state index contributed by atoms with van der Waals surface area (Å²) in [5.41, 5.74) is 0. The van der Waals surface area contributed by atoms with Gasteiger partial charge in [-0.15, -0.1) is 0 Å². The number of carbonyl (C=O) groups is 2. The molecule has 2 unspecified atom stereocenters. The van der Waals surface area contributed by atoms with Gasteiger partial charge in [0.15, 0.2) is 0 Å². The summed E-state index contributed by atoms with van der Waals surface area (Å²) < 4.78 is 0. The van der Waals surface area contributed by atoms with Gasteiger partial charge >= 0.3 is 11.9 Å². The fraction of sp³-hybridized carbons (Fsp3) is 0.818. The van der Waals surface area contributed by atoms with Crippen LogP contribution in [-0.4, -0.2) is 22.2 Å². The van der Waals surface area contributed by atoms with E-state index in [9.17, 15) is 9.59 Å². The molecule has 1 saturated carbocycles. The van der Waals surface area contributed by atoms with Crippen molar-refractivity contribution in [3.63, 3.8) is 0 Å². The molecule has 0 heterocycles. The van der Waals surface area contributed by atoms with Gasteiger partial charge in [0.25, 0.3) is 0 Å². The van der Waals surface area contributed by atoms with Gasteiger partial charge in [-0.05, 0) is 24.7 Å². The van der Waals surface area contributed by atoms with Crippen molar-refractivity contribution in [3.8, 4) is 0 Å². The predicted molar refractivity (Wildman–Crippen MR) is 54.6 cm³/mol. The zero-order chi connectivity index (χ0) is 11.3. The van der Waals surface area contributed by atoms with Gasteiger partial charge in [0.2, 0.25) is 0 Å². The first-order valence-corrected chi connectivity index (χ1v) is 5.53. The van der Waals surface area contributed by atoms with E-state index in [1.165, 1.54) is 0 Å². The van der Waals surface area contributed by atoms with Crippen molar-refractivity contribution in [3.05, 3.63) is 0 Å². The van der Waals surface area contributed by atoms with E-state index in [0.29, 0.717) is 12.3 Å². The molecule has 0 aromatic heterocycles. The molecule has 1 rings (SSSR count). The first-order valence-electron chi connectivity index (χ1n) is 5.53. The van der Waals surface area contributed by atoms with Crippen LogP contribution in [0.3, 0.4) is 0 Å². The second-order valence-electron chi connectivity index (χ2n) is 4.33. The van der Waals surface area contributed by atoms with E-state index in [2.05, 4.69) is 0 Å². The quantitative estimate of drug-likeness (QED) is 0.735. The van der Waals surface area contributed by atoms with Crippen molar-refractivity contribution in [1.82, 2.24) is 0 Å². The minimum Gasteiger partial charge on any atom is -0.481 e. The van der Waals surface area contributed by atoms with Crippen LogP contribution in [0.1, 0.15) is 44.9 Å². The third-order valence-electron chi connectivity index (χ3n) is 3.23. The number of carboxylic acids is 2. The molecule has 0 bridgehead atoms. The largest absolute Gasteiger partial charge is 0.481 e. The fourth-order valence-electron chi connectivity index (χ4n) is 2.47. The highest BCUT2D eigenvalue weighted by molar-refractivity contribution is 5.67. The second kappa shape index (κ2) is 5.73. The van der Waals surface area contributed by atoms with E-state index in [1.54, 1.807) is 0 Å². The summed E-state index contributed by atoms with van der Waals surface area (Å²) in [6.45, 7) is 0. The molecule has 2 N–H and O–H groups in total. The van der Waals surface area contributed by atoms with Crippen LogP contribution in [0.2, 0.25) is 0 Å². The fourth-order valence-corrected chi connectivity index (χ4v) is 2.47. The molecule has 1 aliphatic rings. The van der Waals surface area contributed by atoms with Crippen LogP contribution in [0.15, 0.2) is 0 Å². The number of carboxylic acid groups (broad SMARTS) is 2. The van der Waals surface area contributed by atoms with E-state index < -0.39 is 11.9 Å². The molecule has 0 saturated heterocycles. The molecule has 0 spiro atoms. The third-order valence-corrected chi connectivity index (χ3v) is 3.23. The lowest BCUT2D eigenvalue weighted by atomic mass is 9.75. The van der Waals surface area contributed by atoms with Crippen molar-refractivity contribution in [2.45, 2.75) is 44.9 Å². The molecule has 0 amide bonds. The molecule has 0 radical (unpaired) electrons. The Morgan fingerprint density at radius 1 is 1.00 bits per heavy atom. The summed E-state index contributed by atoms with van der Waals surface area (Å²) in [6, 6.07) is 0. The number of aliphatic carboxylic acids is 2. The van der Waals surface area contributed by atoms with Crippen LogP contribution in [0.25, 0.3) is 0 Å². The van der Waals surface area contributed by atoms with Crippen LogP contribution in [0.4, 0.5) is 0 Å². The molecule has 4 heteroatoms. The maximum atomic E-state index is 10.6. The zero-order valence-corrected chi connectivity index (χ0v) is 8.82. The Labute approximate surface area is 89.3 Å². The molecule has 4 nitrogen and oxygen atoms in total. The summed E-state index contributed by atoms with van der Waals surface area (Å²) in [5, 5.41) is 17.3. The van der Waals surface area contributed by atoms with Gasteiger partial charge in [-0.1, -0.05) is 19.3 Å². The van der Waals surface area contributed by atoms with Crippen molar-refractivity contribution >= 4 is 11.9 Å². The number of hydrogen-bond acceptors (Lipinski definition) is 2. The first-order chi connectivity index (χ1) is 7.09. The lowest BCUT2D eigenvalue weighted by Crippen LogP contribution is -2.23. The molecule has 1 aliphatic carbocycles. The summed E-state index contributed by atoms with van der Waals surface area (Å²) in [4.78, 5) is 21.1. The third kappa shape index (κ3) is 4.32. The van der Waals surface area contributed by atoms with E-state index in [4.69, 9.17) is 10.2 Å². The Bertz CT molecular complexity index is 237. The summed E-state index contributed by atoms with van der Waals surface area (Å²) in [6.07, 6.45) is 5.13. The minimum absolute atomic E-state index is 0.167. The van der Waals surface area contributed by atoms with Gasteiger partial charge in [0.1, 0.15) is 0 Å². The molecule has 86 valence electrons. The SMILES string of the molecule is O=C(O)CCC1CCCCC1CC(=O)O. The number of hydrogen-bond donors (Lipinski definition) is 2. The average Bonchev–Trinajstić information content (AvgIpc) is 2.15. The maximum Gasteiger partial charge on any atom is 0.303 e. The first kappa shape index (κ1) is 12.0. The molecule has 15 heavy (non-hydrogen) atoms. The van der Waals surface area contributed by atoms with Gasteiger partial charge in [-0.3, -0.25) is 9.59 Å². The molecule has 0 aromatic rings. The predicted octanol–water partition coefficient (Wildman–Crippen LogP) is 2.13. The lowest BCUT2D eigenvalue weighted by Gasteiger charge is -2.30. The zero-order valence-electron chi connectivity index (χ0n) is 8.82. The molecule has 0 aromatic carbocycles. The Balaban J connectivity index is 2.42. The van der Waals surface area contributed by atoms with Crippen molar-refractivity contribution in [2.75, 3.05) is 0 Å². The van der Waals surface area contributed by atoms with E-state index in [1.807, 2.05) is 0 Å². The highest BCUT2D eigenvalue weighted by Gasteiger charge is 2.27. The average molecular weight is 214 g/mol. The molecule has 2 atom stereocenters. The highest BCUT2D eigenvalue weighted by atomic mass is 16.4. The van der Waals surface area contributed by atoms with E-state index >= 15 is 0 Å². The topological polar surface area (TPSA) is 74.6 Å². The van der Waals surface area contributed by atoms with Crippen LogP contribution >= 0.6 is 0 Å². The van der Waals surface area contributed by atoms with Gasteiger partial charge in [-0.25, -0.2) is 0 Å². The normalized spacial score (nSPS) is 26.1. The Morgan fingerprint density at radius 2 is 1.60 bits per heavy atom. The smallest absolute Gasteiger partial charge is 0.303 e. The van der Waals surface area contributed by atoms with Gasteiger partial charge < -0.3 is 10.2 Å². The lowest BCUT2D eigenvalue weighted by molar-refractivity contribution is -0.138. The molecule has 1 fully saturated rings. The maximum absolute atomic E-state index is 10.6. The van der Waals surface area contributed by atoms with Gasteiger partial charge in [-0.2, -0.15) is 0 Å². The van der Waals surface area contributed by atoms with Gasteiger partial charge in [0, 0.05) is 12.8 Å². The van der Waals surface area contributed by atoms with Crippen LogP contribution in [0, 0.1) is 11.8 Å².